The first-order valence-corrected chi connectivity index (χ1v) is 8.61. The van der Waals surface area contributed by atoms with Crippen LogP contribution in [0.15, 0.2) is 16.9 Å². The van der Waals surface area contributed by atoms with Gasteiger partial charge in [0.1, 0.15) is 17.1 Å². The fourth-order valence-corrected chi connectivity index (χ4v) is 6.11. The molecule has 2 N–H and O–H groups in total. The summed E-state index contributed by atoms with van der Waals surface area (Å²) in [6.07, 6.45) is 0.0283. The zero-order chi connectivity index (χ0) is 17.0. The molecule has 0 aromatic heterocycles. The van der Waals surface area contributed by atoms with E-state index in [1.54, 1.807) is 12.1 Å². The van der Waals surface area contributed by atoms with Crippen LogP contribution in [0.25, 0.3) is 0 Å². The molecule has 1 aromatic carbocycles. The predicted octanol–water partition coefficient (Wildman–Crippen LogP) is 0.584. The molecule has 1 unspecified atom stereocenters. The van der Waals surface area contributed by atoms with Crippen molar-refractivity contribution in [2.45, 2.75) is 50.9 Å². The Balaban J connectivity index is 1.91. The molecule has 126 valence electrons. The topological polar surface area (TPSA) is 83.8 Å². The number of carbonyl (C=O) groups is 1. The number of hydrogen-bond donors (Lipinski definition) is 2. The van der Waals surface area contributed by atoms with Gasteiger partial charge >= 0.3 is 5.97 Å². The molecular formula is C19H20O5. The average molecular weight is 328 g/mol. The lowest BCUT2D eigenvalue weighted by molar-refractivity contribution is -0.301. The van der Waals surface area contributed by atoms with Crippen molar-refractivity contribution < 1.29 is 19.7 Å². The molecule has 2 saturated heterocycles. The zero-order valence-corrected chi connectivity index (χ0v) is 13.7. The summed E-state index contributed by atoms with van der Waals surface area (Å²) in [5, 5.41) is 22.6. The van der Waals surface area contributed by atoms with Gasteiger partial charge in [0.15, 0.2) is 5.43 Å². The molecule has 3 fully saturated rings. The Hall–Kier alpha value is -1.72. The molecule has 6 atom stereocenters. The highest BCUT2D eigenvalue weighted by molar-refractivity contribution is 5.84. The molecule has 5 nitrogen and oxygen atoms in total. The quantitative estimate of drug-likeness (QED) is 0.681. The van der Waals surface area contributed by atoms with Crippen LogP contribution in [0.4, 0.5) is 0 Å². The number of aliphatic hydroxyl groups excluding tert-OH is 1. The summed E-state index contributed by atoms with van der Waals surface area (Å²) >= 11 is 0. The molecule has 1 saturated carbocycles. The lowest BCUT2D eigenvalue weighted by atomic mass is 9.46. The third-order valence-electron chi connectivity index (χ3n) is 7.21. The molecule has 1 spiro atoms. The van der Waals surface area contributed by atoms with Gasteiger partial charge in [-0.2, -0.15) is 0 Å². The number of ether oxygens (including phenoxy) is 1. The maximum atomic E-state index is 12.8. The normalized spacial score (nSPS) is 44.2. The maximum absolute atomic E-state index is 12.8. The third-order valence-corrected chi connectivity index (χ3v) is 7.21. The highest BCUT2D eigenvalue weighted by Gasteiger charge is 2.77. The summed E-state index contributed by atoms with van der Waals surface area (Å²) in [6, 6.07) is 3.21. The summed E-state index contributed by atoms with van der Waals surface area (Å²) in [5.41, 5.74) is 0.881. The van der Waals surface area contributed by atoms with Crippen LogP contribution in [-0.4, -0.2) is 28.4 Å². The van der Waals surface area contributed by atoms with Crippen molar-refractivity contribution in [3.8, 4) is 0 Å². The standard InChI is InChI=1S/C19H20O5/c1-8-5-11(20)6-10-3-4-18-9(2)15(21)16(24-17(18)22)13-7-12(8)14(10)19(13,18)23/h5-6,9,13,15-16,21,23H,3-4,7H2,1-2H3/t9-,13?,15+,16-,18+,19+/m1/s1. The predicted molar refractivity (Wildman–Crippen MR) is 84.3 cm³/mol. The van der Waals surface area contributed by atoms with Gasteiger partial charge in [0.2, 0.25) is 0 Å². The summed E-state index contributed by atoms with van der Waals surface area (Å²) in [5.74, 6) is -1.11. The van der Waals surface area contributed by atoms with Gasteiger partial charge in [-0.1, -0.05) is 6.92 Å². The van der Waals surface area contributed by atoms with E-state index in [2.05, 4.69) is 0 Å². The SMILES string of the molecule is Cc1cc(=O)cc2c3c1CC1[C@H]4OC(=O)[C@](CC2)([C@H](C)[C@@H]4O)[C@@]31O. The molecule has 0 amide bonds. The average Bonchev–Trinajstić information content (AvgIpc) is 2.77. The van der Waals surface area contributed by atoms with E-state index in [1.165, 1.54) is 0 Å². The number of hydrogen-bond acceptors (Lipinski definition) is 5. The number of esters is 1. The van der Waals surface area contributed by atoms with E-state index >= 15 is 0 Å². The van der Waals surface area contributed by atoms with E-state index in [0.717, 1.165) is 22.3 Å². The minimum atomic E-state index is -1.34. The lowest BCUT2D eigenvalue weighted by Gasteiger charge is -2.63. The molecular weight excluding hydrogens is 308 g/mol. The minimum absolute atomic E-state index is 0.0652. The van der Waals surface area contributed by atoms with E-state index in [-0.39, 0.29) is 17.3 Å². The monoisotopic (exact) mass is 328 g/mol. The molecule has 2 heterocycles. The van der Waals surface area contributed by atoms with Gasteiger partial charge in [-0.3, -0.25) is 9.59 Å². The van der Waals surface area contributed by atoms with Crippen molar-refractivity contribution in [2.24, 2.45) is 17.3 Å². The molecule has 2 aliphatic heterocycles. The maximum Gasteiger partial charge on any atom is 0.316 e. The Morgan fingerprint density at radius 2 is 2.04 bits per heavy atom. The third kappa shape index (κ3) is 1.26. The largest absolute Gasteiger partial charge is 0.459 e. The van der Waals surface area contributed by atoms with Crippen LogP contribution in [0.2, 0.25) is 0 Å². The molecule has 1 aromatic rings. The van der Waals surface area contributed by atoms with Gasteiger partial charge < -0.3 is 14.9 Å². The minimum Gasteiger partial charge on any atom is -0.459 e. The van der Waals surface area contributed by atoms with Gasteiger partial charge in [-0.05, 0) is 60.6 Å². The molecule has 6 rings (SSSR count). The van der Waals surface area contributed by atoms with E-state index in [1.807, 2.05) is 13.8 Å². The number of carbonyl (C=O) groups excluding carboxylic acids is 1. The van der Waals surface area contributed by atoms with Gasteiger partial charge in [0.05, 0.1) is 6.10 Å². The van der Waals surface area contributed by atoms with E-state index in [0.29, 0.717) is 19.3 Å². The summed E-state index contributed by atoms with van der Waals surface area (Å²) in [6.45, 7) is 3.72. The first-order valence-electron chi connectivity index (χ1n) is 8.61. The molecule has 5 heteroatoms. The van der Waals surface area contributed by atoms with Crippen molar-refractivity contribution >= 4 is 5.97 Å². The number of fused-ring (bicyclic) bond motifs is 2. The summed E-state index contributed by atoms with van der Waals surface area (Å²) < 4.78 is 5.58. The second kappa shape index (κ2) is 4.09. The number of rotatable bonds is 0. The Bertz CT molecular complexity index is 861. The molecule has 0 radical (unpaired) electrons. The van der Waals surface area contributed by atoms with Crippen molar-refractivity contribution in [3.63, 3.8) is 0 Å². The molecule has 24 heavy (non-hydrogen) atoms. The van der Waals surface area contributed by atoms with Crippen LogP contribution in [0.5, 0.6) is 0 Å². The molecule has 5 aliphatic rings. The smallest absolute Gasteiger partial charge is 0.316 e. The van der Waals surface area contributed by atoms with Crippen molar-refractivity contribution in [3.05, 3.63) is 44.6 Å². The Kier molecular flexibility index (Phi) is 2.49. The molecule has 3 aliphatic carbocycles. The van der Waals surface area contributed by atoms with Crippen molar-refractivity contribution in [2.75, 3.05) is 0 Å². The second-order valence-corrected chi connectivity index (χ2v) is 7.95. The van der Waals surface area contributed by atoms with Crippen LogP contribution >= 0.6 is 0 Å². The van der Waals surface area contributed by atoms with Gasteiger partial charge in [-0.25, -0.2) is 0 Å². The fourth-order valence-electron chi connectivity index (χ4n) is 6.11. The fraction of sp³-hybridized carbons (Fsp3) is 0.579. The van der Waals surface area contributed by atoms with Crippen LogP contribution in [0.3, 0.4) is 0 Å². The van der Waals surface area contributed by atoms with Crippen molar-refractivity contribution in [1.82, 2.24) is 0 Å². The van der Waals surface area contributed by atoms with Gasteiger partial charge in [0.25, 0.3) is 0 Å². The van der Waals surface area contributed by atoms with Crippen LogP contribution in [0, 0.1) is 24.2 Å². The first-order chi connectivity index (χ1) is 11.3. The van der Waals surface area contributed by atoms with Crippen LogP contribution in [0.1, 0.15) is 35.6 Å². The highest BCUT2D eigenvalue weighted by Crippen LogP contribution is 2.68. The molecule has 2 bridgehead atoms. The Labute approximate surface area is 139 Å². The van der Waals surface area contributed by atoms with E-state index in [4.69, 9.17) is 4.74 Å². The Morgan fingerprint density at radius 1 is 1.29 bits per heavy atom. The second-order valence-electron chi connectivity index (χ2n) is 7.95. The number of aryl methyl sites for hydroxylation is 2. The van der Waals surface area contributed by atoms with E-state index < -0.39 is 29.2 Å². The highest BCUT2D eigenvalue weighted by atomic mass is 16.6. The van der Waals surface area contributed by atoms with E-state index in [9.17, 15) is 19.8 Å². The van der Waals surface area contributed by atoms with Gasteiger partial charge in [0, 0.05) is 11.8 Å². The zero-order valence-electron chi connectivity index (χ0n) is 13.7. The number of aliphatic hydroxyl groups is 2. The Morgan fingerprint density at radius 3 is 2.79 bits per heavy atom. The summed E-state index contributed by atoms with van der Waals surface area (Å²) in [7, 11) is 0. The van der Waals surface area contributed by atoms with Crippen molar-refractivity contribution in [1.29, 1.82) is 0 Å². The lowest BCUT2D eigenvalue weighted by Crippen LogP contribution is -2.74. The van der Waals surface area contributed by atoms with Crippen LogP contribution in [-0.2, 0) is 28.0 Å². The van der Waals surface area contributed by atoms with Gasteiger partial charge in [-0.15, -0.1) is 0 Å². The van der Waals surface area contributed by atoms with Crippen LogP contribution < -0.4 is 5.43 Å². The summed E-state index contributed by atoms with van der Waals surface area (Å²) in [4.78, 5) is 24.9. The first kappa shape index (κ1) is 14.6.